The van der Waals surface area contributed by atoms with E-state index in [1.807, 2.05) is 0 Å². The maximum atomic E-state index is 12.6. The number of halogens is 4. The van der Waals surface area contributed by atoms with E-state index in [1.165, 1.54) is 18.2 Å². The largest absolute Gasteiger partial charge is 0.501 e. The van der Waals surface area contributed by atoms with Crippen molar-refractivity contribution in [3.8, 4) is 0 Å². The number of anilines is 1. The fourth-order valence-corrected chi connectivity index (χ4v) is 2.89. The summed E-state index contributed by atoms with van der Waals surface area (Å²) in [5.41, 5.74) is -5.32. The van der Waals surface area contributed by atoms with E-state index in [1.54, 1.807) is 0 Å². The van der Waals surface area contributed by atoms with E-state index < -0.39 is 20.2 Å². The average Bonchev–Trinajstić information content (AvgIpc) is 2.42. The van der Waals surface area contributed by atoms with Crippen molar-refractivity contribution in [2.45, 2.75) is 36.1 Å². The Balaban J connectivity index is 2.73. The molecule has 3 nitrogen and oxygen atoms in total. The first-order valence-corrected chi connectivity index (χ1v) is 8.52. The zero-order valence-corrected chi connectivity index (χ0v) is 12.9. The van der Waals surface area contributed by atoms with Crippen LogP contribution >= 0.6 is 11.6 Å². The van der Waals surface area contributed by atoms with Crippen molar-refractivity contribution in [3.63, 3.8) is 0 Å². The van der Waals surface area contributed by atoms with E-state index in [0.717, 1.165) is 31.7 Å². The molecule has 0 radical (unpaired) electrons. The highest BCUT2D eigenvalue weighted by molar-refractivity contribution is 7.92. The van der Waals surface area contributed by atoms with Crippen LogP contribution in [0, 0.1) is 0 Å². The van der Waals surface area contributed by atoms with E-state index >= 15 is 0 Å². The lowest BCUT2D eigenvalue weighted by Gasteiger charge is -2.14. The van der Waals surface area contributed by atoms with Crippen molar-refractivity contribution >= 4 is 27.1 Å². The van der Waals surface area contributed by atoms with Gasteiger partial charge in [-0.2, -0.15) is 13.2 Å². The molecule has 1 aromatic rings. The predicted molar refractivity (Wildman–Crippen MR) is 77.4 cm³/mol. The molecule has 0 saturated carbocycles. The second-order valence-corrected chi connectivity index (χ2v) is 6.76. The molecule has 0 saturated heterocycles. The summed E-state index contributed by atoms with van der Waals surface area (Å²) in [5, 5.41) is 2.76. The van der Waals surface area contributed by atoms with Crippen LogP contribution in [0.2, 0.25) is 0 Å². The smallest absolute Gasteiger partial charge is 0.384 e. The highest BCUT2D eigenvalue weighted by Gasteiger charge is 2.47. The zero-order chi connectivity index (χ0) is 15.9. The highest BCUT2D eigenvalue weighted by Crippen LogP contribution is 2.34. The van der Waals surface area contributed by atoms with E-state index in [0.29, 0.717) is 12.4 Å². The van der Waals surface area contributed by atoms with Crippen molar-refractivity contribution in [1.29, 1.82) is 0 Å². The van der Waals surface area contributed by atoms with E-state index in [-0.39, 0.29) is 5.69 Å². The first-order valence-electron chi connectivity index (χ1n) is 6.51. The van der Waals surface area contributed by atoms with Crippen molar-refractivity contribution in [1.82, 2.24) is 0 Å². The minimum atomic E-state index is -5.34. The van der Waals surface area contributed by atoms with Gasteiger partial charge in [0.1, 0.15) is 0 Å². The Bertz CT molecular complexity index is 547. The lowest BCUT2D eigenvalue weighted by atomic mass is 10.2. The normalized spacial score (nSPS) is 12.4. The van der Waals surface area contributed by atoms with Gasteiger partial charge in [0.05, 0.1) is 10.6 Å². The van der Waals surface area contributed by atoms with Gasteiger partial charge in [-0.05, 0) is 25.0 Å². The average molecular weight is 344 g/mol. The fourth-order valence-electron chi connectivity index (χ4n) is 1.77. The molecule has 1 N–H and O–H groups in total. The van der Waals surface area contributed by atoms with Crippen molar-refractivity contribution < 1.29 is 21.6 Å². The van der Waals surface area contributed by atoms with Gasteiger partial charge in [0, 0.05) is 12.4 Å². The van der Waals surface area contributed by atoms with Crippen molar-refractivity contribution in [3.05, 3.63) is 24.3 Å². The SMILES string of the molecule is O=S(=O)(c1ccccc1NCCCCCCCl)C(F)(F)F. The maximum absolute atomic E-state index is 12.6. The summed E-state index contributed by atoms with van der Waals surface area (Å²) in [4.78, 5) is -0.738. The van der Waals surface area contributed by atoms with Gasteiger partial charge < -0.3 is 5.32 Å². The molecule has 0 amide bonds. The minimum Gasteiger partial charge on any atom is -0.384 e. The Morgan fingerprint density at radius 1 is 1.05 bits per heavy atom. The number of benzene rings is 1. The van der Waals surface area contributed by atoms with Gasteiger partial charge in [-0.25, -0.2) is 8.42 Å². The predicted octanol–water partition coefficient (Wildman–Crippen LogP) is 4.19. The molecule has 21 heavy (non-hydrogen) atoms. The van der Waals surface area contributed by atoms with Crippen LogP contribution in [0.4, 0.5) is 18.9 Å². The molecule has 1 aromatic carbocycles. The number of alkyl halides is 4. The van der Waals surface area contributed by atoms with Crippen LogP contribution < -0.4 is 5.32 Å². The standard InChI is InChI=1S/C13H17ClF3NO2S/c14-9-5-1-2-6-10-18-11-7-3-4-8-12(11)21(19,20)13(15,16)17/h3-4,7-8,18H,1-2,5-6,9-10H2. The van der Waals surface area contributed by atoms with Crippen LogP contribution in [0.5, 0.6) is 0 Å². The molecule has 0 aromatic heterocycles. The second kappa shape index (κ2) is 7.89. The first-order chi connectivity index (χ1) is 9.80. The zero-order valence-electron chi connectivity index (χ0n) is 11.3. The molecule has 0 atom stereocenters. The maximum Gasteiger partial charge on any atom is 0.501 e. The molecule has 0 aliphatic rings. The van der Waals surface area contributed by atoms with Gasteiger partial charge in [0.25, 0.3) is 9.84 Å². The van der Waals surface area contributed by atoms with Gasteiger partial charge in [-0.15, -0.1) is 11.6 Å². The van der Waals surface area contributed by atoms with Gasteiger partial charge >= 0.3 is 5.51 Å². The number of sulfone groups is 1. The molecule has 0 aliphatic heterocycles. The Morgan fingerprint density at radius 2 is 1.67 bits per heavy atom. The van der Waals surface area contributed by atoms with Gasteiger partial charge in [0.15, 0.2) is 0 Å². The highest BCUT2D eigenvalue weighted by atomic mass is 35.5. The third-order valence-corrected chi connectivity index (χ3v) is 4.67. The monoisotopic (exact) mass is 343 g/mol. The molecule has 0 bridgehead atoms. The van der Waals surface area contributed by atoms with Crippen LogP contribution in [-0.4, -0.2) is 26.4 Å². The summed E-state index contributed by atoms with van der Waals surface area (Å²) in [5.74, 6) is 0.583. The molecule has 0 aliphatic carbocycles. The molecule has 8 heteroatoms. The van der Waals surface area contributed by atoms with Crippen LogP contribution in [0.3, 0.4) is 0 Å². The summed E-state index contributed by atoms with van der Waals surface area (Å²) >= 11 is 5.54. The summed E-state index contributed by atoms with van der Waals surface area (Å²) in [6.45, 7) is 0.409. The fraction of sp³-hybridized carbons (Fsp3) is 0.538. The topological polar surface area (TPSA) is 46.2 Å². The van der Waals surface area contributed by atoms with Crippen LogP contribution in [0.15, 0.2) is 29.2 Å². The molecule has 0 unspecified atom stereocenters. The Hall–Kier alpha value is -0.950. The molecular weight excluding hydrogens is 327 g/mol. The Kier molecular flexibility index (Phi) is 6.80. The second-order valence-electron chi connectivity index (χ2n) is 4.48. The number of rotatable bonds is 8. The number of para-hydroxylation sites is 1. The molecule has 0 spiro atoms. The molecule has 1 rings (SSSR count). The number of hydrogen-bond donors (Lipinski definition) is 1. The first kappa shape index (κ1) is 18.1. The van der Waals surface area contributed by atoms with E-state index in [4.69, 9.17) is 11.6 Å². The summed E-state index contributed by atoms with van der Waals surface area (Å²) in [7, 11) is -5.34. The van der Waals surface area contributed by atoms with Gasteiger partial charge in [-0.3, -0.25) is 0 Å². The summed E-state index contributed by atoms with van der Waals surface area (Å²) in [6.07, 6.45) is 3.44. The molecule has 120 valence electrons. The number of nitrogens with one attached hydrogen (secondary N) is 1. The summed E-state index contributed by atoms with van der Waals surface area (Å²) < 4.78 is 60.7. The van der Waals surface area contributed by atoms with Gasteiger partial charge in [-0.1, -0.05) is 25.0 Å². The van der Waals surface area contributed by atoms with Crippen LogP contribution in [-0.2, 0) is 9.84 Å². The molecule has 0 heterocycles. The minimum absolute atomic E-state index is 0.0211. The van der Waals surface area contributed by atoms with Crippen LogP contribution in [0.1, 0.15) is 25.7 Å². The third-order valence-electron chi connectivity index (χ3n) is 2.86. The lowest BCUT2D eigenvalue weighted by Crippen LogP contribution is -2.24. The molecule has 0 fully saturated rings. The van der Waals surface area contributed by atoms with Crippen LogP contribution in [0.25, 0.3) is 0 Å². The third kappa shape index (κ3) is 5.07. The Morgan fingerprint density at radius 3 is 2.29 bits per heavy atom. The van der Waals surface area contributed by atoms with E-state index in [9.17, 15) is 21.6 Å². The number of unbranched alkanes of at least 4 members (excludes halogenated alkanes) is 3. The van der Waals surface area contributed by atoms with Crippen molar-refractivity contribution in [2.24, 2.45) is 0 Å². The van der Waals surface area contributed by atoms with E-state index in [2.05, 4.69) is 5.32 Å². The Labute approximate surface area is 127 Å². The lowest BCUT2D eigenvalue weighted by molar-refractivity contribution is -0.0435. The van der Waals surface area contributed by atoms with Gasteiger partial charge in [0.2, 0.25) is 0 Å². The number of hydrogen-bond acceptors (Lipinski definition) is 3. The van der Waals surface area contributed by atoms with Crippen molar-refractivity contribution in [2.75, 3.05) is 17.7 Å². The molecular formula is C13H17ClF3NO2S. The quantitative estimate of drug-likeness (QED) is 0.568. The summed E-state index contributed by atoms with van der Waals surface area (Å²) in [6, 6.07) is 5.05.